The van der Waals surface area contributed by atoms with Crippen LogP contribution in [0.5, 0.6) is 0 Å². The van der Waals surface area contributed by atoms with Crippen molar-refractivity contribution in [3.05, 3.63) is 0 Å². The van der Waals surface area contributed by atoms with Crippen molar-refractivity contribution >= 4 is 17.8 Å². The van der Waals surface area contributed by atoms with E-state index in [4.69, 9.17) is 10.8 Å². The van der Waals surface area contributed by atoms with Crippen LogP contribution < -0.4 is 11.1 Å². The van der Waals surface area contributed by atoms with Crippen molar-refractivity contribution in [1.29, 1.82) is 0 Å². The molecule has 0 rings (SSSR count). The van der Waals surface area contributed by atoms with Crippen molar-refractivity contribution in [2.24, 2.45) is 5.73 Å². The highest BCUT2D eigenvalue weighted by atomic mass is 16.4. The molecule has 0 heterocycles. The smallest absolute Gasteiger partial charge is 0.303 e. The molecular weight excluding hydrogens is 250 g/mol. The van der Waals surface area contributed by atoms with Gasteiger partial charge >= 0.3 is 5.97 Å². The molecule has 0 aromatic heterocycles. The van der Waals surface area contributed by atoms with Crippen LogP contribution in [0, 0.1) is 0 Å². The van der Waals surface area contributed by atoms with E-state index in [1.807, 2.05) is 13.8 Å². The standard InChI is InChI=1S/C12H23N3O4/c1-4-15(5-2)12(19)8(3)14-11(18)9(13)6-7-10(16)17/h8-9H,4-7,13H2,1-3H3,(H,14,18)(H,16,17). The third kappa shape index (κ3) is 6.19. The Kier molecular flexibility index (Phi) is 7.74. The number of nitrogens with zero attached hydrogens (tertiary/aromatic N) is 1. The molecule has 110 valence electrons. The van der Waals surface area contributed by atoms with Crippen LogP contribution >= 0.6 is 0 Å². The van der Waals surface area contributed by atoms with Crippen molar-refractivity contribution in [2.45, 2.75) is 45.7 Å². The Labute approximate surface area is 113 Å². The Morgan fingerprint density at radius 3 is 2.21 bits per heavy atom. The average molecular weight is 273 g/mol. The van der Waals surface area contributed by atoms with E-state index in [1.165, 1.54) is 0 Å². The molecular formula is C12H23N3O4. The molecule has 0 aliphatic heterocycles. The van der Waals surface area contributed by atoms with Crippen LogP contribution in [-0.2, 0) is 14.4 Å². The normalized spacial score (nSPS) is 13.5. The molecule has 0 radical (unpaired) electrons. The summed E-state index contributed by atoms with van der Waals surface area (Å²) in [6.45, 7) is 6.44. The molecule has 19 heavy (non-hydrogen) atoms. The SMILES string of the molecule is CCN(CC)C(=O)C(C)NC(=O)C(N)CCC(=O)O. The van der Waals surface area contributed by atoms with Gasteiger partial charge < -0.3 is 21.1 Å². The second-order valence-corrected chi connectivity index (χ2v) is 4.28. The van der Waals surface area contributed by atoms with Crippen LogP contribution in [0.15, 0.2) is 0 Å². The van der Waals surface area contributed by atoms with E-state index in [2.05, 4.69) is 5.32 Å². The first kappa shape index (κ1) is 17.4. The fraction of sp³-hybridized carbons (Fsp3) is 0.750. The van der Waals surface area contributed by atoms with E-state index in [-0.39, 0.29) is 18.7 Å². The first-order chi connectivity index (χ1) is 8.83. The van der Waals surface area contributed by atoms with Crippen LogP contribution in [0.2, 0.25) is 0 Å². The molecule has 2 atom stereocenters. The quantitative estimate of drug-likeness (QED) is 0.554. The molecule has 0 spiro atoms. The van der Waals surface area contributed by atoms with Gasteiger partial charge in [-0.25, -0.2) is 0 Å². The number of hydrogen-bond acceptors (Lipinski definition) is 4. The molecule has 2 unspecified atom stereocenters. The summed E-state index contributed by atoms with van der Waals surface area (Å²) >= 11 is 0. The van der Waals surface area contributed by atoms with Crippen molar-refractivity contribution in [3.63, 3.8) is 0 Å². The van der Waals surface area contributed by atoms with Gasteiger partial charge in [0.1, 0.15) is 6.04 Å². The minimum absolute atomic E-state index is 0.0490. The van der Waals surface area contributed by atoms with Gasteiger partial charge in [-0.3, -0.25) is 14.4 Å². The highest BCUT2D eigenvalue weighted by Gasteiger charge is 2.22. The maximum atomic E-state index is 11.9. The largest absolute Gasteiger partial charge is 0.481 e. The third-order valence-corrected chi connectivity index (χ3v) is 2.81. The van der Waals surface area contributed by atoms with Crippen LogP contribution in [0.4, 0.5) is 0 Å². The third-order valence-electron chi connectivity index (χ3n) is 2.81. The summed E-state index contributed by atoms with van der Waals surface area (Å²) in [4.78, 5) is 35.6. The summed E-state index contributed by atoms with van der Waals surface area (Å²) in [5.41, 5.74) is 5.55. The van der Waals surface area contributed by atoms with Gasteiger partial charge in [-0.15, -0.1) is 0 Å². The van der Waals surface area contributed by atoms with Crippen LogP contribution in [0.3, 0.4) is 0 Å². The summed E-state index contributed by atoms with van der Waals surface area (Å²) in [5.74, 6) is -1.69. The summed E-state index contributed by atoms with van der Waals surface area (Å²) in [5, 5.41) is 11.0. The fourth-order valence-electron chi connectivity index (χ4n) is 1.60. The number of nitrogens with one attached hydrogen (secondary N) is 1. The molecule has 0 aromatic carbocycles. The molecule has 4 N–H and O–H groups in total. The number of carbonyl (C=O) groups excluding carboxylic acids is 2. The Morgan fingerprint density at radius 1 is 1.26 bits per heavy atom. The Morgan fingerprint density at radius 2 is 1.79 bits per heavy atom. The number of hydrogen-bond donors (Lipinski definition) is 3. The molecule has 0 aliphatic rings. The number of nitrogens with two attached hydrogens (primary N) is 1. The summed E-state index contributed by atoms with van der Waals surface area (Å²) in [6, 6.07) is -1.58. The lowest BCUT2D eigenvalue weighted by Crippen LogP contribution is -2.51. The van der Waals surface area contributed by atoms with Crippen LogP contribution in [0.25, 0.3) is 0 Å². The van der Waals surface area contributed by atoms with Gasteiger partial charge in [-0.2, -0.15) is 0 Å². The predicted molar refractivity (Wildman–Crippen MR) is 70.4 cm³/mol. The molecule has 0 saturated carbocycles. The molecule has 0 saturated heterocycles. The first-order valence-electron chi connectivity index (χ1n) is 6.39. The Hall–Kier alpha value is -1.63. The zero-order valence-corrected chi connectivity index (χ0v) is 11.7. The summed E-state index contributed by atoms with van der Waals surface area (Å²) < 4.78 is 0. The van der Waals surface area contributed by atoms with E-state index in [0.717, 1.165) is 0 Å². The van der Waals surface area contributed by atoms with Crippen LogP contribution in [-0.4, -0.2) is 53.0 Å². The highest BCUT2D eigenvalue weighted by molar-refractivity contribution is 5.89. The lowest BCUT2D eigenvalue weighted by molar-refractivity contribution is -0.138. The Balaban J connectivity index is 4.31. The Bertz CT molecular complexity index is 329. The zero-order chi connectivity index (χ0) is 15.0. The second kappa shape index (κ2) is 8.47. The average Bonchev–Trinajstić information content (AvgIpc) is 2.36. The summed E-state index contributed by atoms with van der Waals surface area (Å²) in [6.07, 6.45) is -0.125. The van der Waals surface area contributed by atoms with Gasteiger partial charge in [-0.1, -0.05) is 0 Å². The highest BCUT2D eigenvalue weighted by Crippen LogP contribution is 1.98. The predicted octanol–water partition coefficient (Wildman–Crippen LogP) is -0.448. The number of aliphatic carboxylic acids is 1. The van der Waals surface area contributed by atoms with Crippen molar-refractivity contribution in [2.75, 3.05) is 13.1 Å². The van der Waals surface area contributed by atoms with Gasteiger partial charge in [0.25, 0.3) is 0 Å². The molecule has 0 aromatic rings. The maximum absolute atomic E-state index is 11.9. The van der Waals surface area contributed by atoms with Gasteiger partial charge in [0.05, 0.1) is 6.04 Å². The minimum atomic E-state index is -1.00. The fourth-order valence-corrected chi connectivity index (χ4v) is 1.60. The number of amides is 2. The topological polar surface area (TPSA) is 113 Å². The van der Waals surface area contributed by atoms with E-state index in [1.54, 1.807) is 11.8 Å². The number of carboxylic acids is 1. The molecule has 7 heteroatoms. The van der Waals surface area contributed by atoms with E-state index in [0.29, 0.717) is 13.1 Å². The maximum Gasteiger partial charge on any atom is 0.303 e. The molecule has 0 aliphatic carbocycles. The van der Waals surface area contributed by atoms with Crippen LogP contribution in [0.1, 0.15) is 33.6 Å². The second-order valence-electron chi connectivity index (χ2n) is 4.28. The van der Waals surface area contributed by atoms with Crippen molar-refractivity contribution in [1.82, 2.24) is 10.2 Å². The molecule has 0 fully saturated rings. The number of carbonyl (C=O) groups is 3. The molecule has 7 nitrogen and oxygen atoms in total. The molecule has 2 amide bonds. The lowest BCUT2D eigenvalue weighted by Gasteiger charge is -2.24. The number of rotatable bonds is 8. The number of carboxylic acid groups (broad SMARTS) is 1. The van der Waals surface area contributed by atoms with Gasteiger partial charge in [0.2, 0.25) is 11.8 Å². The van der Waals surface area contributed by atoms with Gasteiger partial charge in [-0.05, 0) is 27.2 Å². The summed E-state index contributed by atoms with van der Waals surface area (Å²) in [7, 11) is 0. The van der Waals surface area contributed by atoms with Gasteiger partial charge in [0.15, 0.2) is 0 Å². The van der Waals surface area contributed by atoms with E-state index < -0.39 is 24.0 Å². The minimum Gasteiger partial charge on any atom is -0.481 e. The van der Waals surface area contributed by atoms with Crippen molar-refractivity contribution < 1.29 is 19.5 Å². The lowest BCUT2D eigenvalue weighted by atomic mass is 10.1. The van der Waals surface area contributed by atoms with Gasteiger partial charge in [0, 0.05) is 19.5 Å². The van der Waals surface area contributed by atoms with E-state index in [9.17, 15) is 14.4 Å². The van der Waals surface area contributed by atoms with E-state index >= 15 is 0 Å². The first-order valence-corrected chi connectivity index (χ1v) is 6.39. The monoisotopic (exact) mass is 273 g/mol. The zero-order valence-electron chi connectivity index (χ0n) is 11.7. The van der Waals surface area contributed by atoms with Crippen molar-refractivity contribution in [3.8, 4) is 0 Å². The number of likely N-dealkylation sites (N-methyl/N-ethyl adjacent to an activating group) is 1. The molecule has 0 bridgehead atoms.